The molecule has 1 aromatic heterocycles. The van der Waals surface area contributed by atoms with E-state index in [2.05, 4.69) is 20.3 Å². The summed E-state index contributed by atoms with van der Waals surface area (Å²) in [5.41, 5.74) is 2.84. The zero-order valence-electron chi connectivity index (χ0n) is 19.3. The Morgan fingerprint density at radius 1 is 1.15 bits per heavy atom. The molecule has 2 aromatic carbocycles. The molecular formula is C26H30N4O3S. The maximum absolute atomic E-state index is 12.8. The molecule has 0 spiro atoms. The van der Waals surface area contributed by atoms with Crippen molar-refractivity contribution in [3.63, 3.8) is 0 Å². The van der Waals surface area contributed by atoms with Crippen LogP contribution in [0.5, 0.6) is 0 Å². The zero-order chi connectivity index (χ0) is 23.7. The average Bonchev–Trinajstić information content (AvgIpc) is 3.65. The first-order valence-corrected chi connectivity index (χ1v) is 13.3. The molecule has 1 aliphatic carbocycles. The van der Waals surface area contributed by atoms with Crippen LogP contribution in [-0.4, -0.2) is 38.9 Å². The minimum Gasteiger partial charge on any atom is -0.326 e. The first kappa shape index (κ1) is 23.0. The van der Waals surface area contributed by atoms with E-state index in [0.29, 0.717) is 12.5 Å². The number of aromatic nitrogens is 1. The molecule has 0 radical (unpaired) electrons. The number of nitrogens with zero attached hydrogens (tertiary/aromatic N) is 1. The van der Waals surface area contributed by atoms with Gasteiger partial charge in [-0.25, -0.2) is 13.1 Å². The zero-order valence-corrected chi connectivity index (χ0v) is 20.1. The molecule has 1 unspecified atom stereocenters. The van der Waals surface area contributed by atoms with Gasteiger partial charge in [0.25, 0.3) is 0 Å². The number of amides is 1. The summed E-state index contributed by atoms with van der Waals surface area (Å²) in [5, 5.41) is 8.46. The number of piperidine rings is 1. The van der Waals surface area contributed by atoms with Crippen molar-refractivity contribution in [1.82, 2.24) is 15.0 Å². The third kappa shape index (κ3) is 4.99. The third-order valence-corrected chi connectivity index (χ3v) is 8.37. The number of nitrogens with one attached hydrogen (secondary N) is 3. The summed E-state index contributed by atoms with van der Waals surface area (Å²) in [5.74, 6) is 0.338. The number of rotatable bonds is 7. The Morgan fingerprint density at radius 2 is 1.97 bits per heavy atom. The Bertz CT molecular complexity index is 1300. The van der Waals surface area contributed by atoms with Crippen LogP contribution in [0.15, 0.2) is 59.8 Å². The maximum atomic E-state index is 12.8. The van der Waals surface area contributed by atoms with E-state index in [0.717, 1.165) is 59.9 Å². The Hall–Kier alpha value is -2.81. The van der Waals surface area contributed by atoms with Crippen LogP contribution in [0.25, 0.3) is 10.8 Å². The Kier molecular flexibility index (Phi) is 6.38. The number of hydrogen-bond acceptors (Lipinski definition) is 5. The van der Waals surface area contributed by atoms with Crippen molar-refractivity contribution < 1.29 is 13.2 Å². The lowest BCUT2D eigenvalue weighted by atomic mass is 10.0. The fourth-order valence-electron chi connectivity index (χ4n) is 4.78. The molecule has 1 amide bonds. The van der Waals surface area contributed by atoms with Crippen molar-refractivity contribution in [1.29, 1.82) is 0 Å². The highest BCUT2D eigenvalue weighted by molar-refractivity contribution is 7.89. The van der Waals surface area contributed by atoms with Gasteiger partial charge in [-0.2, -0.15) is 0 Å². The maximum Gasteiger partial charge on any atom is 0.240 e. The summed E-state index contributed by atoms with van der Waals surface area (Å²) in [6, 6.07) is 12.8. The molecule has 3 aromatic rings. The van der Waals surface area contributed by atoms with E-state index in [-0.39, 0.29) is 22.6 Å². The van der Waals surface area contributed by atoms with Crippen molar-refractivity contribution in [3.05, 3.63) is 66.0 Å². The molecule has 178 valence electrons. The largest absolute Gasteiger partial charge is 0.326 e. The van der Waals surface area contributed by atoms with Crippen LogP contribution < -0.4 is 15.4 Å². The van der Waals surface area contributed by atoms with Crippen LogP contribution in [0.4, 0.5) is 5.69 Å². The van der Waals surface area contributed by atoms with E-state index in [1.54, 1.807) is 12.1 Å². The molecule has 1 saturated carbocycles. The highest BCUT2D eigenvalue weighted by Gasteiger charge is 2.44. The number of fused-ring (bicyclic) bond motifs is 1. The van der Waals surface area contributed by atoms with E-state index in [1.165, 1.54) is 0 Å². The smallest absolute Gasteiger partial charge is 0.240 e. The number of benzene rings is 2. The summed E-state index contributed by atoms with van der Waals surface area (Å²) in [7, 11) is -3.54. The molecule has 34 heavy (non-hydrogen) atoms. The third-order valence-electron chi connectivity index (χ3n) is 6.93. The molecule has 7 nitrogen and oxygen atoms in total. The summed E-state index contributed by atoms with van der Waals surface area (Å²) < 4.78 is 28.1. The Labute approximate surface area is 200 Å². The van der Waals surface area contributed by atoms with Crippen LogP contribution in [0.1, 0.15) is 36.3 Å². The highest BCUT2D eigenvalue weighted by Crippen LogP contribution is 2.48. The number of hydrogen-bond donors (Lipinski definition) is 3. The highest BCUT2D eigenvalue weighted by atomic mass is 32.2. The first-order chi connectivity index (χ1) is 16.4. The van der Waals surface area contributed by atoms with Crippen LogP contribution >= 0.6 is 0 Å². The van der Waals surface area contributed by atoms with Crippen molar-refractivity contribution >= 4 is 32.4 Å². The van der Waals surface area contributed by atoms with Gasteiger partial charge in [-0.1, -0.05) is 18.2 Å². The summed E-state index contributed by atoms with van der Waals surface area (Å²) in [6.07, 6.45) is 6.51. The van der Waals surface area contributed by atoms with Gasteiger partial charge in [0.15, 0.2) is 0 Å². The molecule has 5 rings (SSSR count). The second kappa shape index (κ2) is 9.44. The molecule has 2 fully saturated rings. The Balaban J connectivity index is 1.19. The number of aryl methyl sites for hydroxylation is 1. The molecule has 2 heterocycles. The second-order valence-electron chi connectivity index (χ2n) is 9.46. The lowest BCUT2D eigenvalue weighted by molar-refractivity contribution is -0.117. The first-order valence-electron chi connectivity index (χ1n) is 11.9. The van der Waals surface area contributed by atoms with E-state index < -0.39 is 10.0 Å². The summed E-state index contributed by atoms with van der Waals surface area (Å²) in [6.45, 7) is 4.31. The number of sulfonamides is 1. The minimum absolute atomic E-state index is 0.00415. The van der Waals surface area contributed by atoms with Gasteiger partial charge in [-0.15, -0.1) is 0 Å². The normalized spacial score (nSPS) is 22.4. The number of pyridine rings is 1. The number of carbonyl (C=O) groups excluding carboxylic acids is 1. The van der Waals surface area contributed by atoms with Gasteiger partial charge in [0.2, 0.25) is 15.9 Å². The van der Waals surface area contributed by atoms with Gasteiger partial charge in [-0.3, -0.25) is 9.78 Å². The van der Waals surface area contributed by atoms with Crippen molar-refractivity contribution in [2.75, 3.05) is 25.0 Å². The lowest BCUT2D eigenvalue weighted by Gasteiger charge is -2.22. The average molecular weight is 479 g/mol. The van der Waals surface area contributed by atoms with Crippen LogP contribution in [0.3, 0.4) is 0 Å². The molecule has 3 N–H and O–H groups in total. The van der Waals surface area contributed by atoms with Gasteiger partial charge < -0.3 is 10.6 Å². The Morgan fingerprint density at radius 3 is 2.74 bits per heavy atom. The standard InChI is InChI=1S/C26H30N4O3S/c1-17-13-28-16-20-4-7-21(11-23(17)20)30-26(31)25-12-24(25)19-5-8-22(9-6-19)34(32,33)29-15-18-3-2-10-27-14-18/h4-9,11,13,16,18,24-25,27,29H,2-3,10,12,14-15H2,1H3,(H,30,31)/t18-,24?,25-/m1/s1. The SMILES string of the molecule is Cc1cncc2ccc(NC(=O)[C@@H]3CC3c3ccc(S(=O)(=O)NC[C@@H]4CCCNC4)cc3)cc12. The molecular weight excluding hydrogens is 448 g/mol. The molecule has 0 bridgehead atoms. The lowest BCUT2D eigenvalue weighted by Crippen LogP contribution is -2.38. The topological polar surface area (TPSA) is 100 Å². The molecule has 3 atom stereocenters. The molecule has 1 saturated heterocycles. The van der Waals surface area contributed by atoms with Crippen LogP contribution in [-0.2, 0) is 14.8 Å². The van der Waals surface area contributed by atoms with E-state index in [1.807, 2.05) is 49.6 Å². The van der Waals surface area contributed by atoms with Crippen molar-refractivity contribution in [2.45, 2.75) is 37.0 Å². The second-order valence-corrected chi connectivity index (χ2v) is 11.2. The minimum atomic E-state index is -3.54. The summed E-state index contributed by atoms with van der Waals surface area (Å²) >= 11 is 0. The molecule has 2 aliphatic rings. The number of carbonyl (C=O) groups is 1. The van der Waals surface area contributed by atoms with Crippen LogP contribution in [0.2, 0.25) is 0 Å². The van der Waals surface area contributed by atoms with Crippen molar-refractivity contribution in [2.24, 2.45) is 11.8 Å². The molecule has 8 heteroatoms. The van der Waals surface area contributed by atoms with E-state index >= 15 is 0 Å². The predicted octanol–water partition coefficient (Wildman–Crippen LogP) is 3.56. The number of anilines is 1. The van der Waals surface area contributed by atoms with Gasteiger partial charge in [0.1, 0.15) is 0 Å². The van der Waals surface area contributed by atoms with Gasteiger partial charge in [-0.05, 0) is 91.9 Å². The quantitative estimate of drug-likeness (QED) is 0.482. The fraction of sp³-hybridized carbons (Fsp3) is 0.385. The summed E-state index contributed by atoms with van der Waals surface area (Å²) in [4.78, 5) is 17.3. The van der Waals surface area contributed by atoms with Gasteiger partial charge >= 0.3 is 0 Å². The predicted molar refractivity (Wildman–Crippen MR) is 133 cm³/mol. The van der Waals surface area contributed by atoms with Crippen LogP contribution in [0, 0.1) is 18.8 Å². The van der Waals surface area contributed by atoms with E-state index in [9.17, 15) is 13.2 Å². The molecule has 1 aliphatic heterocycles. The van der Waals surface area contributed by atoms with Gasteiger partial charge in [0.05, 0.1) is 4.90 Å². The van der Waals surface area contributed by atoms with Crippen molar-refractivity contribution in [3.8, 4) is 0 Å². The monoisotopic (exact) mass is 478 g/mol. The fourth-order valence-corrected chi connectivity index (χ4v) is 5.89. The van der Waals surface area contributed by atoms with E-state index in [4.69, 9.17) is 0 Å². The van der Waals surface area contributed by atoms with Gasteiger partial charge in [0, 0.05) is 35.9 Å².